The molecular formula is C51H32N4O. The van der Waals surface area contributed by atoms with Crippen LogP contribution < -0.4 is 0 Å². The lowest BCUT2D eigenvalue weighted by atomic mass is 9.98. The maximum Gasteiger partial charge on any atom is 0.164 e. The molecule has 0 atom stereocenters. The average molecular weight is 717 g/mol. The van der Waals surface area contributed by atoms with Crippen molar-refractivity contribution in [3.63, 3.8) is 0 Å². The number of furan rings is 1. The molecule has 5 nitrogen and oxygen atoms in total. The van der Waals surface area contributed by atoms with Crippen molar-refractivity contribution in [2.75, 3.05) is 0 Å². The summed E-state index contributed by atoms with van der Waals surface area (Å²) in [4.78, 5) is 15.4. The van der Waals surface area contributed by atoms with Crippen molar-refractivity contribution in [1.82, 2.24) is 19.5 Å². The fourth-order valence-electron chi connectivity index (χ4n) is 8.03. The molecule has 0 radical (unpaired) electrons. The molecule has 11 aromatic rings. The summed E-state index contributed by atoms with van der Waals surface area (Å²) in [6.07, 6.45) is 0. The van der Waals surface area contributed by atoms with E-state index < -0.39 is 0 Å². The summed E-state index contributed by atoms with van der Waals surface area (Å²) in [6.45, 7) is 0. The second-order valence-corrected chi connectivity index (χ2v) is 14.0. The number of hydrogen-bond donors (Lipinski definition) is 0. The Kier molecular flexibility index (Phi) is 7.42. The lowest BCUT2D eigenvalue weighted by molar-refractivity contribution is 0.666. The maximum absolute atomic E-state index is 7.08. The van der Waals surface area contributed by atoms with Gasteiger partial charge in [-0.3, -0.25) is 0 Å². The molecule has 0 spiro atoms. The van der Waals surface area contributed by atoms with Gasteiger partial charge in [-0.15, -0.1) is 0 Å². The summed E-state index contributed by atoms with van der Waals surface area (Å²) < 4.78 is 9.43. The second kappa shape index (κ2) is 13.0. The molecule has 0 aliphatic heterocycles. The van der Waals surface area contributed by atoms with Crippen LogP contribution in [0.25, 0.3) is 106 Å². The Bertz CT molecular complexity index is 3170. The molecule has 0 saturated carbocycles. The van der Waals surface area contributed by atoms with Gasteiger partial charge < -0.3 is 8.98 Å². The van der Waals surface area contributed by atoms with Crippen LogP contribution in [0.15, 0.2) is 199 Å². The Morgan fingerprint density at radius 1 is 0.357 bits per heavy atom. The molecule has 56 heavy (non-hydrogen) atoms. The first kappa shape index (κ1) is 31.9. The molecule has 3 heterocycles. The van der Waals surface area contributed by atoms with Crippen molar-refractivity contribution in [2.24, 2.45) is 0 Å². The first-order valence-corrected chi connectivity index (χ1v) is 18.8. The molecule has 262 valence electrons. The minimum absolute atomic E-state index is 0.581. The molecular weight excluding hydrogens is 685 g/mol. The van der Waals surface area contributed by atoms with E-state index in [-0.39, 0.29) is 0 Å². The quantitative estimate of drug-likeness (QED) is 0.172. The Balaban J connectivity index is 1.22. The standard InChI is InChI=1S/C51H32N4O/c1-5-16-33(17-6-1)37-28-29-40-39-24-13-14-26-43(39)55(45(40)31-37)44-27-15-25-41-47-42(30-38(32-46(47)56-48(41)44)34-18-7-2-8-19-34)51-53-49(35-20-9-3-10-21-35)52-50(54-51)36-22-11-4-12-23-36/h1-32H. The average Bonchev–Trinajstić information content (AvgIpc) is 3.83. The summed E-state index contributed by atoms with van der Waals surface area (Å²) in [5.74, 6) is 1.80. The zero-order valence-electron chi connectivity index (χ0n) is 30.2. The lowest BCUT2D eigenvalue weighted by Crippen LogP contribution is -2.00. The Labute approximate surface area is 322 Å². The largest absolute Gasteiger partial charge is 0.454 e. The SMILES string of the molecule is c1ccc(-c2cc(-c3nc(-c4ccccc4)nc(-c4ccccc4)n3)c3c(c2)oc2c(-n4c5ccccc5c5ccc(-c6ccccc6)cc54)cccc23)cc1. The molecule has 11 rings (SSSR count). The summed E-state index contributed by atoms with van der Waals surface area (Å²) in [7, 11) is 0. The maximum atomic E-state index is 7.08. The third-order valence-electron chi connectivity index (χ3n) is 10.6. The number of nitrogens with zero attached hydrogens (tertiary/aromatic N) is 4. The van der Waals surface area contributed by atoms with E-state index in [1.165, 1.54) is 16.3 Å². The highest BCUT2D eigenvalue weighted by atomic mass is 16.3. The van der Waals surface area contributed by atoms with Gasteiger partial charge >= 0.3 is 0 Å². The molecule has 0 N–H and O–H groups in total. The third kappa shape index (κ3) is 5.29. The highest BCUT2D eigenvalue weighted by Gasteiger charge is 2.23. The van der Waals surface area contributed by atoms with E-state index in [0.717, 1.165) is 72.0 Å². The van der Waals surface area contributed by atoms with Crippen LogP contribution in [0.2, 0.25) is 0 Å². The molecule has 3 aromatic heterocycles. The van der Waals surface area contributed by atoms with Gasteiger partial charge in [-0.1, -0.05) is 164 Å². The van der Waals surface area contributed by atoms with Crippen molar-refractivity contribution in [3.8, 4) is 62.1 Å². The molecule has 0 aliphatic carbocycles. The van der Waals surface area contributed by atoms with Crippen LogP contribution in [-0.2, 0) is 0 Å². The van der Waals surface area contributed by atoms with Crippen LogP contribution in [0.5, 0.6) is 0 Å². The predicted molar refractivity (Wildman–Crippen MR) is 229 cm³/mol. The number of benzene rings is 8. The van der Waals surface area contributed by atoms with Gasteiger partial charge in [-0.2, -0.15) is 0 Å². The third-order valence-corrected chi connectivity index (χ3v) is 10.6. The summed E-state index contributed by atoms with van der Waals surface area (Å²) >= 11 is 0. The van der Waals surface area contributed by atoms with Gasteiger partial charge in [0.15, 0.2) is 23.1 Å². The van der Waals surface area contributed by atoms with Crippen LogP contribution in [0, 0.1) is 0 Å². The minimum Gasteiger partial charge on any atom is -0.454 e. The van der Waals surface area contributed by atoms with Crippen molar-refractivity contribution in [3.05, 3.63) is 194 Å². The van der Waals surface area contributed by atoms with Crippen molar-refractivity contribution < 1.29 is 4.42 Å². The van der Waals surface area contributed by atoms with Gasteiger partial charge in [0.25, 0.3) is 0 Å². The monoisotopic (exact) mass is 716 g/mol. The van der Waals surface area contributed by atoms with Crippen LogP contribution in [0.4, 0.5) is 0 Å². The number of para-hydroxylation sites is 2. The fourth-order valence-corrected chi connectivity index (χ4v) is 8.03. The van der Waals surface area contributed by atoms with Crippen molar-refractivity contribution in [2.45, 2.75) is 0 Å². The zero-order chi connectivity index (χ0) is 37.0. The Hall–Kier alpha value is -7.63. The molecule has 0 fully saturated rings. The van der Waals surface area contributed by atoms with Crippen LogP contribution in [-0.4, -0.2) is 19.5 Å². The minimum atomic E-state index is 0.581. The lowest BCUT2D eigenvalue weighted by Gasteiger charge is -2.11. The smallest absolute Gasteiger partial charge is 0.164 e. The van der Waals surface area contributed by atoms with Gasteiger partial charge in [0, 0.05) is 38.2 Å². The van der Waals surface area contributed by atoms with E-state index in [4.69, 9.17) is 19.4 Å². The van der Waals surface area contributed by atoms with Gasteiger partial charge in [0.2, 0.25) is 0 Å². The van der Waals surface area contributed by atoms with E-state index in [2.05, 4.69) is 132 Å². The molecule has 0 amide bonds. The topological polar surface area (TPSA) is 56.7 Å². The number of hydrogen-bond acceptors (Lipinski definition) is 4. The van der Waals surface area contributed by atoms with E-state index in [1.807, 2.05) is 66.7 Å². The van der Waals surface area contributed by atoms with Crippen LogP contribution >= 0.6 is 0 Å². The molecule has 0 aliphatic rings. The van der Waals surface area contributed by atoms with Crippen LogP contribution in [0.1, 0.15) is 0 Å². The van der Waals surface area contributed by atoms with E-state index >= 15 is 0 Å². The highest BCUT2D eigenvalue weighted by molar-refractivity contribution is 6.16. The fraction of sp³-hybridized carbons (Fsp3) is 0. The molecule has 5 heteroatoms. The normalized spacial score (nSPS) is 11.6. The second-order valence-electron chi connectivity index (χ2n) is 14.0. The Morgan fingerprint density at radius 3 is 1.55 bits per heavy atom. The first-order valence-electron chi connectivity index (χ1n) is 18.8. The van der Waals surface area contributed by atoms with Crippen LogP contribution in [0.3, 0.4) is 0 Å². The number of rotatable bonds is 6. The van der Waals surface area contributed by atoms with Gasteiger partial charge in [-0.25, -0.2) is 15.0 Å². The first-order chi connectivity index (χ1) is 27.8. The molecule has 0 bridgehead atoms. The predicted octanol–water partition coefficient (Wildman–Crippen LogP) is 13.2. The van der Waals surface area contributed by atoms with Crippen molar-refractivity contribution >= 4 is 43.7 Å². The highest BCUT2D eigenvalue weighted by Crippen LogP contribution is 2.43. The summed E-state index contributed by atoms with van der Waals surface area (Å²) in [5, 5.41) is 4.32. The van der Waals surface area contributed by atoms with Gasteiger partial charge in [-0.05, 0) is 52.6 Å². The molecule has 8 aromatic carbocycles. The summed E-state index contributed by atoms with van der Waals surface area (Å²) in [5.41, 5.74) is 11.9. The van der Waals surface area contributed by atoms with E-state index in [9.17, 15) is 0 Å². The Morgan fingerprint density at radius 2 is 0.893 bits per heavy atom. The van der Waals surface area contributed by atoms with E-state index in [1.54, 1.807) is 0 Å². The van der Waals surface area contributed by atoms with Crippen molar-refractivity contribution in [1.29, 1.82) is 0 Å². The van der Waals surface area contributed by atoms with E-state index in [0.29, 0.717) is 17.5 Å². The zero-order valence-corrected chi connectivity index (χ0v) is 30.2. The molecule has 0 unspecified atom stereocenters. The molecule has 0 saturated heterocycles. The summed E-state index contributed by atoms with van der Waals surface area (Å²) in [6, 6.07) is 67.3. The van der Waals surface area contributed by atoms with Gasteiger partial charge in [0.05, 0.1) is 16.7 Å². The number of fused-ring (bicyclic) bond motifs is 6. The van der Waals surface area contributed by atoms with Gasteiger partial charge in [0.1, 0.15) is 5.58 Å². The number of aromatic nitrogens is 4.